The molecule has 1 unspecified atom stereocenters. The average Bonchev–Trinajstić information content (AvgIpc) is 1.97. The Kier molecular flexibility index (Phi) is 8.79. The fourth-order valence-corrected chi connectivity index (χ4v) is 2.09. The second kappa shape index (κ2) is 8.31. The topological polar surface area (TPSA) is 0 Å². The number of halogens is 2. The van der Waals surface area contributed by atoms with E-state index in [0.717, 1.165) is 3.39 Å². The van der Waals surface area contributed by atoms with Crippen molar-refractivity contribution in [3.8, 4) is 0 Å². The van der Waals surface area contributed by atoms with Gasteiger partial charge in [0.25, 0.3) is 0 Å². The van der Waals surface area contributed by atoms with Gasteiger partial charge in [0.05, 0.1) is 3.39 Å². The summed E-state index contributed by atoms with van der Waals surface area (Å²) in [5, 5.41) is 0. The summed E-state index contributed by atoms with van der Waals surface area (Å²) in [6.07, 6.45) is 8.97. The third-order valence-corrected chi connectivity index (χ3v) is 2.45. The molecule has 0 saturated carbocycles. The fraction of sp³-hybridized carbons (Fsp3) is 0.800. The lowest BCUT2D eigenvalue weighted by molar-refractivity contribution is 0.561. The molecule has 0 radical (unpaired) electrons. The van der Waals surface area contributed by atoms with Crippen molar-refractivity contribution in [1.29, 1.82) is 0 Å². The summed E-state index contributed by atoms with van der Waals surface area (Å²) < 4.78 is 1.08. The summed E-state index contributed by atoms with van der Waals surface area (Å²) in [6.45, 7) is 4.51. The van der Waals surface area contributed by atoms with Gasteiger partial charge in [0.1, 0.15) is 0 Å². The maximum absolute atomic E-state index is 3.38. The first-order valence-electron chi connectivity index (χ1n) is 4.69. The van der Waals surface area contributed by atoms with Crippen LogP contribution in [-0.4, -0.2) is 0 Å². The van der Waals surface area contributed by atoms with E-state index in [1.165, 1.54) is 32.1 Å². The van der Waals surface area contributed by atoms with Gasteiger partial charge in [-0.05, 0) is 44.2 Å². The molecule has 12 heavy (non-hydrogen) atoms. The SMILES string of the molecule is CCCCCCC(C)C=C(Br)Br. The largest absolute Gasteiger partial charge is 0.0654 e. The predicted octanol–water partition coefficient (Wildman–Crippen LogP) is 5.22. The van der Waals surface area contributed by atoms with Crippen molar-refractivity contribution in [3.05, 3.63) is 9.47 Å². The second-order valence-corrected chi connectivity index (χ2v) is 6.06. The van der Waals surface area contributed by atoms with Crippen molar-refractivity contribution in [2.45, 2.75) is 46.0 Å². The summed E-state index contributed by atoms with van der Waals surface area (Å²) >= 11 is 6.75. The first-order valence-corrected chi connectivity index (χ1v) is 6.28. The number of unbranched alkanes of at least 4 members (excludes halogenated alkanes) is 3. The number of rotatable bonds is 6. The van der Waals surface area contributed by atoms with Crippen molar-refractivity contribution in [2.24, 2.45) is 5.92 Å². The smallest absolute Gasteiger partial charge is 0.0566 e. The van der Waals surface area contributed by atoms with Crippen molar-refractivity contribution in [1.82, 2.24) is 0 Å². The first-order chi connectivity index (χ1) is 5.66. The molecule has 0 N–H and O–H groups in total. The van der Waals surface area contributed by atoms with Gasteiger partial charge in [-0.2, -0.15) is 0 Å². The molecule has 72 valence electrons. The highest BCUT2D eigenvalue weighted by atomic mass is 79.9. The van der Waals surface area contributed by atoms with Crippen LogP contribution in [0, 0.1) is 5.92 Å². The molecule has 0 fully saturated rings. The van der Waals surface area contributed by atoms with E-state index in [1.54, 1.807) is 0 Å². The van der Waals surface area contributed by atoms with E-state index >= 15 is 0 Å². The van der Waals surface area contributed by atoms with Crippen LogP contribution in [0.2, 0.25) is 0 Å². The van der Waals surface area contributed by atoms with Gasteiger partial charge in [0, 0.05) is 0 Å². The van der Waals surface area contributed by atoms with Crippen LogP contribution in [0.1, 0.15) is 46.0 Å². The highest BCUT2D eigenvalue weighted by Crippen LogP contribution is 2.19. The van der Waals surface area contributed by atoms with E-state index in [0.29, 0.717) is 5.92 Å². The fourth-order valence-electron chi connectivity index (χ4n) is 1.19. The van der Waals surface area contributed by atoms with E-state index in [2.05, 4.69) is 51.8 Å². The molecule has 0 aromatic heterocycles. The van der Waals surface area contributed by atoms with E-state index in [1.807, 2.05) is 0 Å². The first kappa shape index (κ1) is 12.7. The van der Waals surface area contributed by atoms with Crippen LogP contribution >= 0.6 is 31.9 Å². The van der Waals surface area contributed by atoms with Gasteiger partial charge in [0.15, 0.2) is 0 Å². The molecule has 0 amide bonds. The molecule has 0 aromatic rings. The molecule has 0 nitrogen and oxygen atoms in total. The van der Waals surface area contributed by atoms with Crippen molar-refractivity contribution in [3.63, 3.8) is 0 Å². The predicted molar refractivity (Wildman–Crippen MR) is 63.9 cm³/mol. The number of hydrogen-bond donors (Lipinski definition) is 0. The molecule has 0 aliphatic rings. The lowest BCUT2D eigenvalue weighted by Crippen LogP contribution is -1.89. The Labute approximate surface area is 93.1 Å². The van der Waals surface area contributed by atoms with Gasteiger partial charge in [0.2, 0.25) is 0 Å². The zero-order valence-corrected chi connectivity index (χ0v) is 11.1. The van der Waals surface area contributed by atoms with Gasteiger partial charge in [-0.15, -0.1) is 0 Å². The molecular formula is C10H18Br2. The van der Waals surface area contributed by atoms with Crippen LogP contribution in [0.3, 0.4) is 0 Å². The zero-order valence-electron chi connectivity index (χ0n) is 7.95. The monoisotopic (exact) mass is 296 g/mol. The molecule has 0 bridgehead atoms. The maximum atomic E-state index is 3.38. The highest BCUT2D eigenvalue weighted by molar-refractivity contribution is 9.28. The van der Waals surface area contributed by atoms with Gasteiger partial charge in [-0.1, -0.05) is 45.6 Å². The van der Waals surface area contributed by atoms with Gasteiger partial charge >= 0.3 is 0 Å². The lowest BCUT2D eigenvalue weighted by Gasteiger charge is -2.05. The number of allylic oxidation sites excluding steroid dienone is 1. The molecule has 2 heteroatoms. The molecule has 0 spiro atoms. The van der Waals surface area contributed by atoms with Crippen molar-refractivity contribution in [2.75, 3.05) is 0 Å². The Morgan fingerprint density at radius 1 is 1.25 bits per heavy atom. The molecule has 1 atom stereocenters. The Morgan fingerprint density at radius 3 is 2.42 bits per heavy atom. The Bertz CT molecular complexity index is 126. The highest BCUT2D eigenvalue weighted by Gasteiger charge is 1.97. The Hall–Kier alpha value is 0.700. The molecule has 0 heterocycles. The van der Waals surface area contributed by atoms with E-state index in [4.69, 9.17) is 0 Å². The zero-order chi connectivity index (χ0) is 9.40. The van der Waals surface area contributed by atoms with Crippen LogP contribution in [0.25, 0.3) is 0 Å². The summed E-state index contributed by atoms with van der Waals surface area (Å²) in [4.78, 5) is 0. The minimum absolute atomic E-state index is 0.690. The number of hydrogen-bond acceptors (Lipinski definition) is 0. The Morgan fingerprint density at radius 2 is 1.92 bits per heavy atom. The molecular weight excluding hydrogens is 280 g/mol. The molecule has 0 saturated heterocycles. The van der Waals surface area contributed by atoms with Crippen LogP contribution in [0.15, 0.2) is 9.47 Å². The van der Waals surface area contributed by atoms with E-state index in [9.17, 15) is 0 Å². The normalized spacial score (nSPS) is 12.7. The molecule has 0 rings (SSSR count). The molecule has 0 aliphatic heterocycles. The molecule has 0 aliphatic carbocycles. The summed E-state index contributed by atoms with van der Waals surface area (Å²) in [5.41, 5.74) is 0. The standard InChI is InChI=1S/C10H18Br2/c1-3-4-5-6-7-9(2)8-10(11)12/h8-9H,3-7H2,1-2H3. The lowest BCUT2D eigenvalue weighted by atomic mass is 10.0. The van der Waals surface area contributed by atoms with Gasteiger partial charge in [-0.3, -0.25) is 0 Å². The summed E-state index contributed by atoms with van der Waals surface area (Å²) in [6, 6.07) is 0. The second-order valence-electron chi connectivity index (χ2n) is 3.28. The maximum Gasteiger partial charge on any atom is 0.0566 e. The quantitative estimate of drug-likeness (QED) is 0.589. The van der Waals surface area contributed by atoms with Gasteiger partial charge in [-0.25, -0.2) is 0 Å². The summed E-state index contributed by atoms with van der Waals surface area (Å²) in [7, 11) is 0. The third-order valence-electron chi connectivity index (χ3n) is 1.92. The third kappa shape index (κ3) is 8.79. The van der Waals surface area contributed by atoms with Gasteiger partial charge < -0.3 is 0 Å². The van der Waals surface area contributed by atoms with Crippen LogP contribution in [-0.2, 0) is 0 Å². The van der Waals surface area contributed by atoms with E-state index < -0.39 is 0 Å². The van der Waals surface area contributed by atoms with Crippen LogP contribution < -0.4 is 0 Å². The minimum Gasteiger partial charge on any atom is -0.0654 e. The van der Waals surface area contributed by atoms with Crippen molar-refractivity contribution < 1.29 is 0 Å². The van der Waals surface area contributed by atoms with Crippen LogP contribution in [0.4, 0.5) is 0 Å². The van der Waals surface area contributed by atoms with Crippen molar-refractivity contribution >= 4 is 31.9 Å². The average molecular weight is 298 g/mol. The van der Waals surface area contributed by atoms with Crippen LogP contribution in [0.5, 0.6) is 0 Å². The Balaban J connectivity index is 3.32. The minimum atomic E-state index is 0.690. The van der Waals surface area contributed by atoms with E-state index in [-0.39, 0.29) is 0 Å². The molecule has 0 aromatic carbocycles. The summed E-state index contributed by atoms with van der Waals surface area (Å²) in [5.74, 6) is 0.690.